The summed E-state index contributed by atoms with van der Waals surface area (Å²) in [7, 11) is 0. The average molecular weight is 339 g/mol. The molecule has 4 rings (SSSR count). The van der Waals surface area contributed by atoms with E-state index in [4.69, 9.17) is 0 Å². The molecular weight excluding hydrogens is 325 g/mol. The summed E-state index contributed by atoms with van der Waals surface area (Å²) in [6, 6.07) is 8.87. The number of carbonyl (C=O) groups is 1. The molecule has 3 heterocycles. The molecule has 0 saturated carbocycles. The number of halogens is 1. The molecule has 2 aromatic heterocycles. The molecule has 3 aromatic rings. The summed E-state index contributed by atoms with van der Waals surface area (Å²) in [4.78, 5) is 25.3. The van der Waals surface area contributed by atoms with Crippen molar-refractivity contribution < 1.29 is 9.18 Å². The van der Waals surface area contributed by atoms with Crippen molar-refractivity contribution in [1.29, 1.82) is 0 Å². The number of carbonyl (C=O) groups excluding carboxylic acids is 1. The molecule has 0 atom stereocenters. The second-order valence-corrected chi connectivity index (χ2v) is 5.82. The number of amides is 1. The summed E-state index contributed by atoms with van der Waals surface area (Å²) in [5, 5.41) is 13.3. The Bertz CT molecular complexity index is 990. The molecule has 2 N–H and O–H groups in total. The Morgan fingerprint density at radius 1 is 1.16 bits per heavy atom. The van der Waals surface area contributed by atoms with Crippen LogP contribution in [0, 0.1) is 5.82 Å². The van der Waals surface area contributed by atoms with E-state index in [1.165, 1.54) is 24.3 Å². The van der Waals surface area contributed by atoms with Crippen molar-refractivity contribution in [2.45, 2.75) is 13.0 Å². The molecule has 0 radical (unpaired) electrons. The standard InChI is InChI=1S/C17H14FN5O2/c18-11-3-1-2-10(8-11)16-12-9-23(7-6-13(12)19-22-16)17(25)14-4-5-15(24)21-20-14/h1-5,8H,6-7,9H2,(H,19,22)(H,21,24). The van der Waals surface area contributed by atoms with Crippen molar-refractivity contribution >= 4 is 5.91 Å². The number of fused-ring (bicyclic) bond motifs is 1. The van der Waals surface area contributed by atoms with E-state index in [9.17, 15) is 14.0 Å². The van der Waals surface area contributed by atoms with Crippen LogP contribution in [0.15, 0.2) is 41.2 Å². The van der Waals surface area contributed by atoms with Crippen LogP contribution in [0.3, 0.4) is 0 Å². The normalized spacial score (nSPS) is 13.6. The summed E-state index contributed by atoms with van der Waals surface area (Å²) >= 11 is 0. The lowest BCUT2D eigenvalue weighted by molar-refractivity contribution is 0.0727. The molecule has 126 valence electrons. The van der Waals surface area contributed by atoms with Crippen LogP contribution in [0.5, 0.6) is 0 Å². The zero-order valence-corrected chi connectivity index (χ0v) is 13.1. The van der Waals surface area contributed by atoms with E-state index >= 15 is 0 Å². The van der Waals surface area contributed by atoms with Gasteiger partial charge in [-0.25, -0.2) is 9.49 Å². The number of nitrogens with zero attached hydrogens (tertiary/aromatic N) is 3. The van der Waals surface area contributed by atoms with E-state index in [0.717, 1.165) is 11.3 Å². The average Bonchev–Trinajstić information content (AvgIpc) is 3.05. The van der Waals surface area contributed by atoms with Gasteiger partial charge in [0.05, 0.1) is 12.2 Å². The fourth-order valence-electron chi connectivity index (χ4n) is 2.97. The van der Waals surface area contributed by atoms with E-state index in [2.05, 4.69) is 20.4 Å². The molecule has 0 bridgehead atoms. The van der Waals surface area contributed by atoms with Crippen LogP contribution < -0.4 is 5.56 Å². The van der Waals surface area contributed by atoms with Crippen LogP contribution in [-0.4, -0.2) is 37.7 Å². The highest BCUT2D eigenvalue weighted by Gasteiger charge is 2.27. The number of hydrogen-bond donors (Lipinski definition) is 2. The van der Waals surface area contributed by atoms with Crippen molar-refractivity contribution in [2.24, 2.45) is 0 Å². The van der Waals surface area contributed by atoms with Gasteiger partial charge in [-0.15, -0.1) is 0 Å². The molecule has 0 spiro atoms. The number of H-pyrrole nitrogens is 2. The summed E-state index contributed by atoms with van der Waals surface area (Å²) in [5.74, 6) is -0.608. The maximum atomic E-state index is 13.5. The Morgan fingerprint density at radius 2 is 2.04 bits per heavy atom. The predicted molar refractivity (Wildman–Crippen MR) is 87.3 cm³/mol. The van der Waals surface area contributed by atoms with Gasteiger partial charge in [0, 0.05) is 35.9 Å². The van der Waals surface area contributed by atoms with Crippen molar-refractivity contribution in [3.05, 3.63) is 69.5 Å². The van der Waals surface area contributed by atoms with Crippen LogP contribution in [-0.2, 0) is 13.0 Å². The molecule has 7 nitrogen and oxygen atoms in total. The summed E-state index contributed by atoms with van der Waals surface area (Å²) in [5.41, 5.74) is 2.93. The zero-order valence-electron chi connectivity index (χ0n) is 13.1. The first kappa shape index (κ1) is 15.3. The molecule has 0 saturated heterocycles. The van der Waals surface area contributed by atoms with Crippen LogP contribution in [0.4, 0.5) is 4.39 Å². The van der Waals surface area contributed by atoms with Gasteiger partial charge >= 0.3 is 0 Å². The zero-order chi connectivity index (χ0) is 17.4. The third-order valence-electron chi connectivity index (χ3n) is 4.22. The van der Waals surface area contributed by atoms with Crippen LogP contribution in [0.1, 0.15) is 21.7 Å². The fraction of sp³-hybridized carbons (Fsp3) is 0.176. The smallest absolute Gasteiger partial charge is 0.274 e. The number of aromatic nitrogens is 4. The minimum absolute atomic E-state index is 0.179. The van der Waals surface area contributed by atoms with Gasteiger partial charge in [0.25, 0.3) is 11.5 Å². The summed E-state index contributed by atoms with van der Waals surface area (Å²) < 4.78 is 13.5. The second-order valence-electron chi connectivity index (χ2n) is 5.82. The Hall–Kier alpha value is -3.29. The highest BCUT2D eigenvalue weighted by molar-refractivity contribution is 5.92. The lowest BCUT2D eigenvalue weighted by atomic mass is 10.0. The lowest BCUT2D eigenvalue weighted by Gasteiger charge is -2.26. The quantitative estimate of drug-likeness (QED) is 0.740. The minimum atomic E-state index is -0.360. The second kappa shape index (κ2) is 5.97. The molecule has 0 unspecified atom stereocenters. The Labute approximate surface area is 141 Å². The SMILES string of the molecule is O=C(c1ccc(=O)[nH]n1)N1CCc2[nH]nc(-c3cccc(F)c3)c2C1. The third-order valence-corrected chi connectivity index (χ3v) is 4.22. The van der Waals surface area contributed by atoms with Gasteiger partial charge in [-0.1, -0.05) is 12.1 Å². The maximum Gasteiger partial charge on any atom is 0.274 e. The molecule has 1 aliphatic rings. The maximum absolute atomic E-state index is 13.5. The van der Waals surface area contributed by atoms with Gasteiger partial charge in [-0.2, -0.15) is 10.2 Å². The molecule has 0 aliphatic carbocycles. The van der Waals surface area contributed by atoms with E-state index in [-0.39, 0.29) is 23.0 Å². The van der Waals surface area contributed by atoms with Gasteiger partial charge in [-0.3, -0.25) is 14.7 Å². The van der Waals surface area contributed by atoms with Crippen molar-refractivity contribution in [2.75, 3.05) is 6.54 Å². The monoisotopic (exact) mass is 339 g/mol. The fourth-order valence-corrected chi connectivity index (χ4v) is 2.97. The van der Waals surface area contributed by atoms with Crippen LogP contribution >= 0.6 is 0 Å². The summed E-state index contributed by atoms with van der Waals surface area (Å²) in [6.45, 7) is 0.856. The molecule has 8 heteroatoms. The largest absolute Gasteiger partial charge is 0.332 e. The van der Waals surface area contributed by atoms with Crippen molar-refractivity contribution in [1.82, 2.24) is 25.3 Å². The minimum Gasteiger partial charge on any atom is -0.332 e. The molecule has 1 aliphatic heterocycles. The Balaban J connectivity index is 1.64. The molecular formula is C17H14FN5O2. The Kier molecular flexibility index (Phi) is 3.64. The van der Waals surface area contributed by atoms with Crippen LogP contribution in [0.25, 0.3) is 11.3 Å². The van der Waals surface area contributed by atoms with E-state index in [1.54, 1.807) is 17.0 Å². The first-order valence-corrected chi connectivity index (χ1v) is 7.79. The third kappa shape index (κ3) is 2.82. The van der Waals surface area contributed by atoms with Crippen molar-refractivity contribution in [3.8, 4) is 11.3 Å². The highest BCUT2D eigenvalue weighted by atomic mass is 19.1. The Morgan fingerprint density at radius 3 is 2.80 bits per heavy atom. The van der Waals surface area contributed by atoms with Crippen molar-refractivity contribution in [3.63, 3.8) is 0 Å². The lowest BCUT2D eigenvalue weighted by Crippen LogP contribution is -2.36. The molecule has 25 heavy (non-hydrogen) atoms. The van der Waals surface area contributed by atoms with Gasteiger partial charge in [-0.05, 0) is 18.2 Å². The topological polar surface area (TPSA) is 94.7 Å². The van der Waals surface area contributed by atoms with Gasteiger partial charge in [0.2, 0.25) is 0 Å². The van der Waals surface area contributed by atoms with Gasteiger partial charge in [0.1, 0.15) is 11.5 Å². The van der Waals surface area contributed by atoms with E-state index in [0.29, 0.717) is 30.8 Å². The van der Waals surface area contributed by atoms with Crippen LogP contribution in [0.2, 0.25) is 0 Å². The number of hydrogen-bond acceptors (Lipinski definition) is 4. The predicted octanol–water partition coefficient (Wildman–Crippen LogP) is 1.50. The summed E-state index contributed by atoms with van der Waals surface area (Å²) in [6.07, 6.45) is 0.618. The number of nitrogens with one attached hydrogen (secondary N) is 2. The number of aromatic amines is 2. The highest BCUT2D eigenvalue weighted by Crippen LogP contribution is 2.29. The first-order valence-electron chi connectivity index (χ1n) is 7.79. The number of rotatable bonds is 2. The van der Waals surface area contributed by atoms with E-state index in [1.807, 2.05) is 0 Å². The molecule has 1 aromatic carbocycles. The molecule has 1 amide bonds. The first-order chi connectivity index (χ1) is 12.1. The van der Waals surface area contributed by atoms with Gasteiger partial charge < -0.3 is 4.90 Å². The van der Waals surface area contributed by atoms with E-state index < -0.39 is 0 Å². The molecule has 0 fully saturated rings. The van der Waals surface area contributed by atoms with Gasteiger partial charge in [0.15, 0.2) is 0 Å². The number of benzene rings is 1.